The third kappa shape index (κ3) is 2.96. The van der Waals surface area contributed by atoms with Gasteiger partial charge in [-0.1, -0.05) is 19.1 Å². The van der Waals surface area contributed by atoms with Crippen LogP contribution in [0, 0.1) is 10.1 Å². The van der Waals surface area contributed by atoms with Gasteiger partial charge < -0.3 is 10.4 Å². The highest BCUT2D eigenvalue weighted by Crippen LogP contribution is 2.35. The molecule has 3 amide bonds. The van der Waals surface area contributed by atoms with E-state index in [-0.39, 0.29) is 28.9 Å². The number of benzene rings is 1. The van der Waals surface area contributed by atoms with Gasteiger partial charge in [0, 0.05) is 24.3 Å². The van der Waals surface area contributed by atoms with E-state index in [1.807, 2.05) is 0 Å². The number of rotatable bonds is 4. The number of aliphatic carboxylic acids is 1. The summed E-state index contributed by atoms with van der Waals surface area (Å²) in [6.45, 7) is 2.94. The zero-order chi connectivity index (χ0) is 18.0. The maximum absolute atomic E-state index is 12.2. The van der Waals surface area contributed by atoms with Gasteiger partial charge >= 0.3 is 12.0 Å². The highest BCUT2D eigenvalue weighted by Gasteiger charge is 2.41. The average molecular weight is 333 g/mol. The van der Waals surface area contributed by atoms with Gasteiger partial charge in [-0.3, -0.25) is 19.8 Å². The van der Waals surface area contributed by atoms with E-state index < -0.39 is 28.9 Å². The first kappa shape index (κ1) is 17.1. The lowest BCUT2D eigenvalue weighted by molar-refractivity contribution is -0.384. The number of nitrogens with zero attached hydrogens (tertiary/aromatic N) is 2. The maximum atomic E-state index is 12.2. The molecule has 0 aromatic heterocycles. The van der Waals surface area contributed by atoms with Crippen molar-refractivity contribution in [2.24, 2.45) is 0 Å². The normalized spacial score (nSPS) is 17.5. The predicted molar refractivity (Wildman–Crippen MR) is 81.8 cm³/mol. The Morgan fingerprint density at radius 3 is 2.62 bits per heavy atom. The lowest BCUT2D eigenvalue weighted by Crippen LogP contribution is -2.51. The Labute approximate surface area is 136 Å². The second kappa shape index (κ2) is 6.49. The molecule has 126 valence electrons. The Hall–Kier alpha value is -3.23. The first-order valence-corrected chi connectivity index (χ1v) is 7.09. The van der Waals surface area contributed by atoms with Crippen molar-refractivity contribution in [2.75, 3.05) is 0 Å². The van der Waals surface area contributed by atoms with Crippen LogP contribution in [-0.4, -0.2) is 32.8 Å². The Balaban J connectivity index is 2.69. The van der Waals surface area contributed by atoms with Crippen LogP contribution < -0.4 is 5.32 Å². The van der Waals surface area contributed by atoms with Crippen molar-refractivity contribution in [1.29, 1.82) is 0 Å². The number of carboxylic acid groups (broad SMARTS) is 1. The first-order chi connectivity index (χ1) is 11.3. The molecule has 1 heterocycles. The van der Waals surface area contributed by atoms with E-state index in [1.165, 1.54) is 32.0 Å². The van der Waals surface area contributed by atoms with Crippen LogP contribution in [0.2, 0.25) is 0 Å². The number of imide groups is 1. The van der Waals surface area contributed by atoms with Crippen LogP contribution in [-0.2, 0) is 9.59 Å². The van der Waals surface area contributed by atoms with E-state index in [2.05, 4.69) is 5.32 Å². The molecule has 1 aliphatic rings. The molecule has 0 saturated carbocycles. The summed E-state index contributed by atoms with van der Waals surface area (Å²) in [5.74, 6) is -1.91. The van der Waals surface area contributed by atoms with Crippen LogP contribution in [0.3, 0.4) is 0 Å². The maximum Gasteiger partial charge on any atom is 0.335 e. The summed E-state index contributed by atoms with van der Waals surface area (Å²) in [5, 5.41) is 22.8. The van der Waals surface area contributed by atoms with E-state index in [9.17, 15) is 29.6 Å². The van der Waals surface area contributed by atoms with Crippen molar-refractivity contribution in [2.45, 2.75) is 26.3 Å². The standard InChI is InChI=1S/C15H15N3O6/c1-3-11(19)17-13(9-5-4-6-10(7-9)18(23)24)12(14(20)21)8(2)16-15(17)22/h4-7,13H,3H2,1-2H3,(H,16,22)(H,20,21). The minimum Gasteiger partial charge on any atom is -0.478 e. The van der Waals surface area contributed by atoms with Crippen molar-refractivity contribution in [1.82, 2.24) is 10.2 Å². The van der Waals surface area contributed by atoms with Crippen molar-refractivity contribution in [3.63, 3.8) is 0 Å². The summed E-state index contributed by atoms with van der Waals surface area (Å²) in [6, 6.07) is 3.24. The molecule has 0 radical (unpaired) electrons. The van der Waals surface area contributed by atoms with Gasteiger partial charge in [0.1, 0.15) is 6.04 Å². The summed E-state index contributed by atoms with van der Waals surface area (Å²) in [7, 11) is 0. The molecular formula is C15H15N3O6. The fourth-order valence-electron chi connectivity index (χ4n) is 2.57. The van der Waals surface area contributed by atoms with Gasteiger partial charge in [0.2, 0.25) is 5.91 Å². The van der Waals surface area contributed by atoms with E-state index in [0.717, 1.165) is 11.0 Å². The minimum absolute atomic E-state index is 0.0230. The molecule has 0 spiro atoms. The molecule has 1 aromatic carbocycles. The highest BCUT2D eigenvalue weighted by atomic mass is 16.6. The van der Waals surface area contributed by atoms with Crippen LogP contribution in [0.5, 0.6) is 0 Å². The molecule has 2 N–H and O–H groups in total. The van der Waals surface area contributed by atoms with Crippen LogP contribution in [0.1, 0.15) is 31.9 Å². The fourth-order valence-corrected chi connectivity index (χ4v) is 2.57. The SMILES string of the molecule is CCC(=O)N1C(=O)NC(C)=C(C(=O)O)C1c1cccc([N+](=O)[O-])c1. The van der Waals surface area contributed by atoms with Crippen molar-refractivity contribution in [3.8, 4) is 0 Å². The zero-order valence-electron chi connectivity index (χ0n) is 13.0. The summed E-state index contributed by atoms with van der Waals surface area (Å²) >= 11 is 0. The molecule has 1 aromatic rings. The van der Waals surface area contributed by atoms with E-state index >= 15 is 0 Å². The Morgan fingerprint density at radius 2 is 2.08 bits per heavy atom. The Kier molecular flexibility index (Phi) is 4.63. The summed E-state index contributed by atoms with van der Waals surface area (Å²) in [6.07, 6.45) is -0.0230. The summed E-state index contributed by atoms with van der Waals surface area (Å²) < 4.78 is 0. The Bertz CT molecular complexity index is 770. The van der Waals surface area contributed by atoms with Crippen molar-refractivity contribution < 1.29 is 24.4 Å². The number of hydrogen-bond acceptors (Lipinski definition) is 5. The van der Waals surface area contributed by atoms with Gasteiger partial charge in [-0.15, -0.1) is 0 Å². The molecule has 1 unspecified atom stereocenters. The highest BCUT2D eigenvalue weighted by molar-refractivity contribution is 6.01. The molecule has 0 bridgehead atoms. The summed E-state index contributed by atoms with van der Waals surface area (Å²) in [4.78, 5) is 47.2. The van der Waals surface area contributed by atoms with Crippen molar-refractivity contribution >= 4 is 23.6 Å². The first-order valence-electron chi connectivity index (χ1n) is 7.09. The van der Waals surface area contributed by atoms with Gasteiger partial charge in [-0.2, -0.15) is 0 Å². The fraction of sp³-hybridized carbons (Fsp3) is 0.267. The molecule has 2 rings (SSSR count). The molecule has 9 nitrogen and oxygen atoms in total. The Morgan fingerprint density at radius 1 is 1.42 bits per heavy atom. The number of amides is 3. The quantitative estimate of drug-likeness (QED) is 0.640. The third-order valence-electron chi connectivity index (χ3n) is 3.65. The van der Waals surface area contributed by atoms with Gasteiger partial charge in [-0.05, 0) is 12.5 Å². The number of hydrogen-bond donors (Lipinski definition) is 2. The van der Waals surface area contributed by atoms with Crippen LogP contribution in [0.4, 0.5) is 10.5 Å². The lowest BCUT2D eigenvalue weighted by atomic mass is 9.93. The predicted octanol–water partition coefficient (Wildman–Crippen LogP) is 1.96. The monoisotopic (exact) mass is 333 g/mol. The smallest absolute Gasteiger partial charge is 0.335 e. The summed E-state index contributed by atoms with van der Waals surface area (Å²) in [5.41, 5.74) is -0.205. The average Bonchev–Trinajstić information content (AvgIpc) is 2.53. The number of urea groups is 1. The molecule has 1 aliphatic heterocycles. The molecule has 0 saturated heterocycles. The molecular weight excluding hydrogens is 318 g/mol. The second-order valence-electron chi connectivity index (χ2n) is 5.15. The molecule has 0 fully saturated rings. The molecule has 24 heavy (non-hydrogen) atoms. The van der Waals surface area contributed by atoms with Gasteiger partial charge in [0.15, 0.2) is 0 Å². The van der Waals surface area contributed by atoms with Crippen LogP contribution in [0.25, 0.3) is 0 Å². The number of carboxylic acids is 1. The third-order valence-corrected chi connectivity index (χ3v) is 3.65. The van der Waals surface area contributed by atoms with Crippen LogP contribution >= 0.6 is 0 Å². The van der Waals surface area contributed by atoms with E-state index in [4.69, 9.17) is 0 Å². The number of nitro benzene ring substituents is 1. The van der Waals surface area contributed by atoms with Crippen molar-refractivity contribution in [3.05, 3.63) is 51.2 Å². The minimum atomic E-state index is -1.32. The number of nitrogens with one attached hydrogen (secondary N) is 1. The number of non-ortho nitro benzene ring substituents is 1. The lowest BCUT2D eigenvalue weighted by Gasteiger charge is -2.35. The second-order valence-corrected chi connectivity index (χ2v) is 5.15. The number of allylic oxidation sites excluding steroid dienone is 1. The van der Waals surface area contributed by atoms with Gasteiger partial charge in [0.05, 0.1) is 10.5 Å². The van der Waals surface area contributed by atoms with E-state index in [1.54, 1.807) is 0 Å². The van der Waals surface area contributed by atoms with E-state index in [0.29, 0.717) is 0 Å². The zero-order valence-corrected chi connectivity index (χ0v) is 13.0. The topological polar surface area (TPSA) is 130 Å². The number of carbonyl (C=O) groups excluding carboxylic acids is 2. The van der Waals surface area contributed by atoms with Gasteiger partial charge in [0.25, 0.3) is 5.69 Å². The molecule has 9 heteroatoms. The molecule has 0 aliphatic carbocycles. The number of carbonyl (C=O) groups is 3. The van der Waals surface area contributed by atoms with Gasteiger partial charge in [-0.25, -0.2) is 9.59 Å². The molecule has 1 atom stereocenters. The largest absolute Gasteiger partial charge is 0.478 e. The number of nitro groups is 1. The van der Waals surface area contributed by atoms with Crippen LogP contribution in [0.15, 0.2) is 35.5 Å².